The van der Waals surface area contributed by atoms with Gasteiger partial charge in [-0.25, -0.2) is 14.8 Å². The van der Waals surface area contributed by atoms with E-state index in [0.29, 0.717) is 53.3 Å². The van der Waals surface area contributed by atoms with Gasteiger partial charge >= 0.3 is 5.97 Å². The fraction of sp³-hybridized carbons (Fsp3) is 0.275. The summed E-state index contributed by atoms with van der Waals surface area (Å²) in [6.07, 6.45) is 5.66. The van der Waals surface area contributed by atoms with Gasteiger partial charge in [0.05, 0.1) is 34.1 Å². The lowest BCUT2D eigenvalue weighted by Crippen LogP contribution is -2.43. The molecule has 262 valence electrons. The van der Waals surface area contributed by atoms with Crippen molar-refractivity contribution in [3.8, 4) is 5.75 Å². The lowest BCUT2D eigenvalue weighted by molar-refractivity contribution is 0.0696. The Labute approximate surface area is 307 Å². The molecule has 1 atom stereocenters. The molecule has 9 nitrogen and oxygen atoms in total. The van der Waals surface area contributed by atoms with Gasteiger partial charge in [-0.3, -0.25) is 9.78 Å². The Morgan fingerprint density at radius 1 is 1.08 bits per heavy atom. The number of hydrogen-bond acceptors (Lipinski definition) is 6. The first-order valence-electron chi connectivity index (χ1n) is 16.7. The number of carboxylic acids is 1. The molecular weight excluding hydrogens is 685 g/mol. The van der Waals surface area contributed by atoms with Crippen LogP contribution in [0.2, 0.25) is 5.02 Å². The zero-order valence-corrected chi connectivity index (χ0v) is 31.0. The molecule has 5 aromatic rings. The summed E-state index contributed by atoms with van der Waals surface area (Å²) in [5.41, 5.74) is 9.34. The van der Waals surface area contributed by atoms with Crippen molar-refractivity contribution in [2.45, 2.75) is 60.4 Å². The van der Waals surface area contributed by atoms with E-state index in [-0.39, 0.29) is 17.5 Å². The van der Waals surface area contributed by atoms with Gasteiger partial charge in [0.1, 0.15) is 17.8 Å². The van der Waals surface area contributed by atoms with Crippen molar-refractivity contribution in [1.82, 2.24) is 19.5 Å². The van der Waals surface area contributed by atoms with E-state index in [1.54, 1.807) is 23.1 Å². The highest BCUT2D eigenvalue weighted by molar-refractivity contribution is 6.35. The standard InChI is InChI=1S/C40H39Cl2N5O4/c1-8-31(41)34(33-25(6)44-20-45-26(33)7)37-24(5)30(12-10-14-51-29-15-21(2)35(42)22(3)16-29)38-39(48)46(19-23(4)47(37)38)32-13-9-11-27-17-28(40(49)50)18-43-36(27)32/h8-9,11,13,15-18,20,23H,1,10,12,14,19H2,2-7H3,(H,49,50)/b34-31+/t23-/m1/s1. The van der Waals surface area contributed by atoms with Crippen molar-refractivity contribution in [3.05, 3.63) is 128 Å². The molecule has 1 aliphatic heterocycles. The topological polar surface area (TPSA) is 110 Å². The van der Waals surface area contributed by atoms with Gasteiger partial charge in [0, 0.05) is 51.7 Å². The van der Waals surface area contributed by atoms with Crippen LogP contribution in [0, 0.1) is 34.6 Å². The first-order chi connectivity index (χ1) is 24.3. The van der Waals surface area contributed by atoms with E-state index in [1.165, 1.54) is 12.5 Å². The molecule has 0 saturated carbocycles. The van der Waals surface area contributed by atoms with Crippen molar-refractivity contribution >= 4 is 57.2 Å². The van der Waals surface area contributed by atoms with Gasteiger partial charge in [-0.2, -0.15) is 0 Å². The molecule has 0 spiro atoms. The Kier molecular flexibility index (Phi) is 10.1. The van der Waals surface area contributed by atoms with Crippen molar-refractivity contribution in [1.29, 1.82) is 0 Å². The number of carbonyl (C=O) groups excluding carboxylic acids is 1. The molecule has 0 saturated heterocycles. The number of pyridine rings is 1. The first kappa shape index (κ1) is 35.8. The highest BCUT2D eigenvalue weighted by atomic mass is 35.5. The molecule has 0 bridgehead atoms. The minimum atomic E-state index is -1.07. The Morgan fingerprint density at radius 3 is 2.41 bits per heavy atom. The number of benzene rings is 2. The van der Waals surface area contributed by atoms with E-state index in [9.17, 15) is 14.7 Å². The second kappa shape index (κ2) is 14.3. The summed E-state index contributed by atoms with van der Waals surface area (Å²) < 4.78 is 8.28. The van der Waals surface area contributed by atoms with Crippen molar-refractivity contribution in [2.75, 3.05) is 18.1 Å². The quantitative estimate of drug-likeness (QED) is 0.113. The number of halogens is 2. The molecule has 0 aliphatic carbocycles. The van der Waals surface area contributed by atoms with E-state index < -0.39 is 5.97 Å². The molecule has 1 aliphatic rings. The fourth-order valence-electron chi connectivity index (χ4n) is 7.13. The molecule has 6 rings (SSSR count). The van der Waals surface area contributed by atoms with E-state index >= 15 is 0 Å². The summed E-state index contributed by atoms with van der Waals surface area (Å²) >= 11 is 13.4. The number of para-hydroxylation sites is 1. The van der Waals surface area contributed by atoms with Crippen LogP contribution in [0.4, 0.5) is 5.69 Å². The van der Waals surface area contributed by atoms with Crippen molar-refractivity contribution in [2.24, 2.45) is 0 Å². The highest BCUT2D eigenvalue weighted by Crippen LogP contribution is 2.43. The SMILES string of the molecule is C=C/C(Cl)=C(/c1c(C)ncnc1C)c1c(C)c(CCCOc2cc(C)c(Cl)c(C)c2)c2n1[C@H](C)CN(c1cccc3cc(C(=O)O)cnc13)C2=O. The third kappa shape index (κ3) is 6.52. The average Bonchev–Trinajstić information content (AvgIpc) is 3.39. The first-order valence-corrected chi connectivity index (χ1v) is 17.5. The van der Waals surface area contributed by atoms with Crippen LogP contribution in [-0.2, 0) is 6.42 Å². The van der Waals surface area contributed by atoms with Crippen LogP contribution in [0.1, 0.15) is 85.1 Å². The second-order valence-corrected chi connectivity index (χ2v) is 13.8. The number of anilines is 1. The van der Waals surface area contributed by atoms with Gasteiger partial charge < -0.3 is 19.3 Å². The van der Waals surface area contributed by atoms with Crippen LogP contribution in [0.3, 0.4) is 0 Å². The van der Waals surface area contributed by atoms with E-state index in [1.807, 2.05) is 58.9 Å². The van der Waals surface area contributed by atoms with Crippen LogP contribution in [0.5, 0.6) is 5.75 Å². The van der Waals surface area contributed by atoms with Gasteiger partial charge in [-0.15, -0.1) is 0 Å². The number of carbonyl (C=O) groups is 2. The lowest BCUT2D eigenvalue weighted by atomic mass is 9.94. The Hall–Kier alpha value is -4.99. The number of carboxylic acid groups (broad SMARTS) is 1. The highest BCUT2D eigenvalue weighted by Gasteiger charge is 2.38. The fourth-order valence-corrected chi connectivity index (χ4v) is 7.42. The number of rotatable bonds is 10. The number of ether oxygens (including phenoxy) is 1. The predicted octanol–water partition coefficient (Wildman–Crippen LogP) is 9.14. The molecule has 2 aromatic carbocycles. The summed E-state index contributed by atoms with van der Waals surface area (Å²) in [6, 6.07) is 10.7. The van der Waals surface area contributed by atoms with Crippen LogP contribution in [0.15, 0.2) is 66.6 Å². The number of amides is 1. The normalized spacial score (nSPS) is 14.8. The van der Waals surface area contributed by atoms with Crippen LogP contribution >= 0.6 is 23.2 Å². The van der Waals surface area contributed by atoms with Gasteiger partial charge in [0.15, 0.2) is 0 Å². The van der Waals surface area contributed by atoms with E-state index in [0.717, 1.165) is 61.2 Å². The number of hydrogen-bond donors (Lipinski definition) is 1. The number of aryl methyl sites for hydroxylation is 4. The molecule has 4 heterocycles. The Bertz CT molecular complexity index is 2230. The minimum Gasteiger partial charge on any atom is -0.494 e. The maximum Gasteiger partial charge on any atom is 0.337 e. The lowest BCUT2D eigenvalue weighted by Gasteiger charge is -2.35. The number of fused-ring (bicyclic) bond motifs is 2. The summed E-state index contributed by atoms with van der Waals surface area (Å²) in [5, 5.41) is 11.4. The zero-order valence-electron chi connectivity index (χ0n) is 29.5. The molecular formula is C40H39Cl2N5O4. The summed E-state index contributed by atoms with van der Waals surface area (Å²) in [7, 11) is 0. The third-order valence-electron chi connectivity index (χ3n) is 9.52. The predicted molar refractivity (Wildman–Crippen MR) is 203 cm³/mol. The van der Waals surface area contributed by atoms with Gasteiger partial charge in [0.25, 0.3) is 5.91 Å². The largest absolute Gasteiger partial charge is 0.494 e. The van der Waals surface area contributed by atoms with Crippen LogP contribution in [0.25, 0.3) is 16.5 Å². The molecule has 1 amide bonds. The summed E-state index contributed by atoms with van der Waals surface area (Å²) in [5.74, 6) is -0.510. The molecule has 0 unspecified atom stereocenters. The van der Waals surface area contributed by atoms with Gasteiger partial charge in [-0.1, -0.05) is 48.0 Å². The van der Waals surface area contributed by atoms with E-state index in [4.69, 9.17) is 27.9 Å². The van der Waals surface area contributed by atoms with Crippen molar-refractivity contribution < 1.29 is 19.4 Å². The monoisotopic (exact) mass is 723 g/mol. The van der Waals surface area contributed by atoms with Crippen molar-refractivity contribution in [3.63, 3.8) is 0 Å². The minimum absolute atomic E-state index is 0.0782. The zero-order chi connectivity index (χ0) is 36.7. The maximum atomic E-state index is 14.9. The Morgan fingerprint density at radius 2 is 1.76 bits per heavy atom. The number of aromatic carboxylic acids is 1. The number of aromatic nitrogens is 4. The molecule has 11 heteroatoms. The number of allylic oxidation sites excluding steroid dienone is 2. The van der Waals surface area contributed by atoms with Gasteiger partial charge in [0.2, 0.25) is 0 Å². The molecule has 0 fully saturated rings. The summed E-state index contributed by atoms with van der Waals surface area (Å²) in [6.45, 7) is 16.6. The third-order valence-corrected chi connectivity index (χ3v) is 10.5. The molecule has 51 heavy (non-hydrogen) atoms. The number of nitrogens with zero attached hydrogens (tertiary/aromatic N) is 5. The molecule has 1 N–H and O–H groups in total. The Balaban J connectivity index is 1.49. The molecule has 3 aromatic heterocycles. The van der Waals surface area contributed by atoms with Gasteiger partial charge in [-0.05, 0) is 101 Å². The maximum absolute atomic E-state index is 14.9. The van der Waals surface area contributed by atoms with Crippen LogP contribution < -0.4 is 9.64 Å². The second-order valence-electron chi connectivity index (χ2n) is 13.0. The van der Waals surface area contributed by atoms with Crippen LogP contribution in [-0.4, -0.2) is 49.7 Å². The average molecular weight is 725 g/mol. The smallest absolute Gasteiger partial charge is 0.337 e. The van der Waals surface area contributed by atoms with E-state index in [2.05, 4.69) is 33.0 Å². The summed E-state index contributed by atoms with van der Waals surface area (Å²) in [4.78, 5) is 41.9. The molecule has 0 radical (unpaired) electrons.